The van der Waals surface area contributed by atoms with Crippen LogP contribution in [0.25, 0.3) is 11.3 Å². The highest BCUT2D eigenvalue weighted by atomic mass is 19.1. The van der Waals surface area contributed by atoms with Crippen LogP contribution in [0.2, 0.25) is 0 Å². The van der Waals surface area contributed by atoms with Crippen LogP contribution in [-0.2, 0) is 0 Å². The van der Waals surface area contributed by atoms with Gasteiger partial charge < -0.3 is 5.32 Å². The van der Waals surface area contributed by atoms with Gasteiger partial charge in [-0.25, -0.2) is 18.6 Å². The normalized spacial score (nSPS) is 12.3. The Morgan fingerprint density at radius 2 is 1.96 bits per heavy atom. The average molecular weight is 378 g/mol. The molecule has 0 saturated carbocycles. The third-order valence-corrected chi connectivity index (χ3v) is 4.73. The number of carbonyl (C=O) groups is 1. The minimum Gasteiger partial charge on any atom is -0.345 e. The number of nitrogens with zero attached hydrogens (tertiary/aromatic N) is 5. The number of nitrogens with one attached hydrogen (secondary N) is 1. The molecule has 1 unspecified atom stereocenters. The minimum absolute atomic E-state index is 0.243. The van der Waals surface area contributed by atoms with Crippen LogP contribution in [-0.4, -0.2) is 30.3 Å². The van der Waals surface area contributed by atoms with E-state index in [1.807, 2.05) is 13.8 Å². The lowest BCUT2D eigenvalue weighted by Gasteiger charge is -2.14. The molecule has 1 aromatic carbocycles. The van der Waals surface area contributed by atoms with E-state index in [1.54, 1.807) is 52.9 Å². The second kappa shape index (κ2) is 6.88. The molecule has 0 aliphatic heterocycles. The average Bonchev–Trinajstić information content (AvgIpc) is 3.21. The Labute approximate surface area is 160 Å². The molecule has 1 amide bonds. The lowest BCUT2D eigenvalue weighted by atomic mass is 10.1. The second-order valence-corrected chi connectivity index (χ2v) is 6.62. The summed E-state index contributed by atoms with van der Waals surface area (Å²) in [5, 5.41) is 11.7. The van der Waals surface area contributed by atoms with Gasteiger partial charge in [0.05, 0.1) is 23.6 Å². The molecule has 0 spiro atoms. The van der Waals surface area contributed by atoms with Gasteiger partial charge in [0.15, 0.2) is 5.65 Å². The molecule has 0 radical (unpaired) electrons. The van der Waals surface area contributed by atoms with Crippen molar-refractivity contribution in [3.05, 3.63) is 77.3 Å². The van der Waals surface area contributed by atoms with Gasteiger partial charge in [0.25, 0.3) is 5.91 Å². The van der Waals surface area contributed by atoms with Crippen molar-refractivity contribution in [2.24, 2.45) is 0 Å². The van der Waals surface area contributed by atoms with Crippen LogP contribution in [0.4, 0.5) is 4.39 Å². The maximum Gasteiger partial charge on any atom is 0.257 e. The molecule has 28 heavy (non-hydrogen) atoms. The summed E-state index contributed by atoms with van der Waals surface area (Å²) in [6.07, 6.45) is 5.10. The first-order chi connectivity index (χ1) is 13.5. The summed E-state index contributed by atoms with van der Waals surface area (Å²) in [4.78, 5) is 17.1. The monoisotopic (exact) mass is 378 g/mol. The molecule has 0 aliphatic carbocycles. The van der Waals surface area contributed by atoms with Crippen molar-refractivity contribution in [2.75, 3.05) is 0 Å². The van der Waals surface area contributed by atoms with E-state index in [9.17, 15) is 9.18 Å². The van der Waals surface area contributed by atoms with Crippen molar-refractivity contribution >= 4 is 11.6 Å². The first kappa shape index (κ1) is 17.8. The summed E-state index contributed by atoms with van der Waals surface area (Å²) < 4.78 is 16.5. The van der Waals surface area contributed by atoms with Crippen LogP contribution in [0.5, 0.6) is 0 Å². The summed E-state index contributed by atoms with van der Waals surface area (Å²) >= 11 is 0. The molecule has 4 aromatic rings. The van der Waals surface area contributed by atoms with Crippen LogP contribution in [0.3, 0.4) is 0 Å². The van der Waals surface area contributed by atoms with E-state index in [1.165, 1.54) is 12.1 Å². The van der Waals surface area contributed by atoms with Crippen molar-refractivity contribution in [1.82, 2.24) is 29.7 Å². The van der Waals surface area contributed by atoms with E-state index in [0.29, 0.717) is 16.9 Å². The summed E-state index contributed by atoms with van der Waals surface area (Å²) in [5.41, 5.74) is 4.09. The molecule has 8 heteroatoms. The Kier molecular flexibility index (Phi) is 4.38. The maximum atomic E-state index is 13.2. The van der Waals surface area contributed by atoms with Gasteiger partial charge >= 0.3 is 0 Å². The zero-order valence-electron chi connectivity index (χ0n) is 15.7. The van der Waals surface area contributed by atoms with Gasteiger partial charge in [0.2, 0.25) is 0 Å². The van der Waals surface area contributed by atoms with Gasteiger partial charge in [-0.1, -0.05) is 0 Å². The van der Waals surface area contributed by atoms with Gasteiger partial charge in [0.1, 0.15) is 11.4 Å². The number of fused-ring (bicyclic) bond motifs is 1. The van der Waals surface area contributed by atoms with Crippen LogP contribution in [0.1, 0.15) is 40.3 Å². The van der Waals surface area contributed by atoms with E-state index in [4.69, 9.17) is 0 Å². The molecule has 7 nitrogen and oxygen atoms in total. The number of carbonyl (C=O) groups excluding carboxylic acids is 1. The number of amides is 1. The fraction of sp³-hybridized carbons (Fsp3) is 0.200. The number of hydrogen-bond donors (Lipinski definition) is 1. The fourth-order valence-corrected chi connectivity index (χ4v) is 3.30. The molecule has 1 atom stereocenters. The quantitative estimate of drug-likeness (QED) is 0.592. The van der Waals surface area contributed by atoms with Crippen molar-refractivity contribution < 1.29 is 9.18 Å². The number of benzene rings is 1. The van der Waals surface area contributed by atoms with Crippen molar-refractivity contribution in [2.45, 2.75) is 26.8 Å². The number of aryl methyl sites for hydroxylation is 1. The van der Waals surface area contributed by atoms with Gasteiger partial charge in [-0.3, -0.25) is 4.79 Å². The molecule has 3 heterocycles. The fourth-order valence-electron chi connectivity index (χ4n) is 3.30. The van der Waals surface area contributed by atoms with Crippen LogP contribution >= 0.6 is 0 Å². The van der Waals surface area contributed by atoms with Crippen LogP contribution in [0.15, 0.2) is 48.9 Å². The van der Waals surface area contributed by atoms with E-state index in [2.05, 4.69) is 20.5 Å². The minimum atomic E-state index is -0.299. The van der Waals surface area contributed by atoms with Crippen molar-refractivity contribution in [3.63, 3.8) is 0 Å². The van der Waals surface area contributed by atoms with Gasteiger partial charge in [-0.2, -0.15) is 10.2 Å². The van der Waals surface area contributed by atoms with E-state index < -0.39 is 0 Å². The number of hydrogen-bond acceptors (Lipinski definition) is 4. The highest BCUT2D eigenvalue weighted by Crippen LogP contribution is 2.22. The Morgan fingerprint density at radius 3 is 2.71 bits per heavy atom. The second-order valence-electron chi connectivity index (χ2n) is 6.62. The third kappa shape index (κ3) is 3.02. The Hall–Kier alpha value is -3.55. The number of halogens is 1. The summed E-state index contributed by atoms with van der Waals surface area (Å²) in [5.74, 6) is -0.542. The Balaban J connectivity index is 1.60. The Bertz CT molecular complexity index is 1160. The van der Waals surface area contributed by atoms with Gasteiger partial charge in [-0.05, 0) is 51.1 Å². The first-order valence-electron chi connectivity index (χ1n) is 8.87. The molecule has 1 N–H and O–H groups in total. The highest BCUT2D eigenvalue weighted by Gasteiger charge is 2.22. The third-order valence-electron chi connectivity index (χ3n) is 4.73. The van der Waals surface area contributed by atoms with E-state index >= 15 is 0 Å². The number of rotatable bonds is 4. The van der Waals surface area contributed by atoms with Gasteiger partial charge in [0, 0.05) is 23.7 Å². The topological polar surface area (TPSA) is 77.1 Å². The zero-order chi connectivity index (χ0) is 19.8. The zero-order valence-corrected chi connectivity index (χ0v) is 15.7. The number of aromatic nitrogens is 5. The van der Waals surface area contributed by atoms with E-state index in [-0.39, 0.29) is 17.8 Å². The lowest BCUT2D eigenvalue weighted by Crippen LogP contribution is -2.27. The molecule has 0 saturated heterocycles. The van der Waals surface area contributed by atoms with Crippen molar-refractivity contribution in [1.29, 1.82) is 0 Å². The molecule has 3 aromatic heterocycles. The summed E-state index contributed by atoms with van der Waals surface area (Å²) in [6, 6.07) is 7.59. The predicted octanol–water partition coefficient (Wildman–Crippen LogP) is 3.16. The van der Waals surface area contributed by atoms with Crippen LogP contribution < -0.4 is 5.32 Å². The molecule has 0 fully saturated rings. The standard InChI is InChI=1S/C20H19FN6O/c1-12(17-11-23-27(14(17)3)16-7-5-15(21)6-8-16)24-20(28)18-13(2)25-26-10-4-9-22-19(18)26/h4-12H,1-3H3,(H,24,28). The van der Waals surface area contributed by atoms with Crippen molar-refractivity contribution in [3.8, 4) is 5.69 Å². The predicted molar refractivity (Wildman–Crippen MR) is 102 cm³/mol. The molecule has 0 bridgehead atoms. The Morgan fingerprint density at radius 1 is 1.21 bits per heavy atom. The van der Waals surface area contributed by atoms with Crippen LogP contribution in [0, 0.1) is 19.7 Å². The molecular formula is C20H19FN6O. The first-order valence-corrected chi connectivity index (χ1v) is 8.87. The molecule has 4 rings (SSSR count). The molecular weight excluding hydrogens is 359 g/mol. The maximum absolute atomic E-state index is 13.2. The SMILES string of the molecule is Cc1nn2cccnc2c1C(=O)NC(C)c1cnn(-c2ccc(F)cc2)c1C. The smallest absolute Gasteiger partial charge is 0.257 e. The molecule has 142 valence electrons. The van der Waals surface area contributed by atoms with E-state index in [0.717, 1.165) is 16.9 Å². The highest BCUT2D eigenvalue weighted by molar-refractivity contribution is 6.01. The largest absolute Gasteiger partial charge is 0.345 e. The lowest BCUT2D eigenvalue weighted by molar-refractivity contribution is 0.0940. The van der Waals surface area contributed by atoms with Gasteiger partial charge in [-0.15, -0.1) is 0 Å². The summed E-state index contributed by atoms with van der Waals surface area (Å²) in [7, 11) is 0. The summed E-state index contributed by atoms with van der Waals surface area (Å²) in [6.45, 7) is 5.59. The molecule has 0 aliphatic rings.